The van der Waals surface area contributed by atoms with Crippen molar-refractivity contribution < 1.29 is 9.59 Å². The number of carbonyl (C=O) groups excluding carboxylic acids is 2. The van der Waals surface area contributed by atoms with Crippen LogP contribution in [0.4, 0.5) is 0 Å². The molecule has 5 nitrogen and oxygen atoms in total. The van der Waals surface area contributed by atoms with Crippen LogP contribution in [0.1, 0.15) is 17.3 Å². The second kappa shape index (κ2) is 7.20. The minimum atomic E-state index is -0.731. The standard InChI is InChI=1S/C12H15N3O2S2/c1-7(10(13)16)15-11(17)8-5-3-4-6-9(8)19-12(14)18-2/h3-7,14H,1-2H3,(H2,13,16)(H,15,17)/t7-/m0/s1. The maximum Gasteiger partial charge on any atom is 0.253 e. The highest BCUT2D eigenvalue weighted by Gasteiger charge is 2.17. The largest absolute Gasteiger partial charge is 0.368 e. The molecule has 0 bridgehead atoms. The minimum absolute atomic E-state index is 0.372. The van der Waals surface area contributed by atoms with Crippen LogP contribution >= 0.6 is 23.5 Å². The van der Waals surface area contributed by atoms with Crippen LogP contribution < -0.4 is 11.1 Å². The summed E-state index contributed by atoms with van der Waals surface area (Å²) in [6.45, 7) is 1.53. The van der Waals surface area contributed by atoms with Crippen LogP contribution in [0.3, 0.4) is 0 Å². The van der Waals surface area contributed by atoms with Crippen molar-refractivity contribution >= 4 is 39.7 Å². The number of benzene rings is 1. The molecule has 0 spiro atoms. The zero-order chi connectivity index (χ0) is 14.4. The molecule has 4 N–H and O–H groups in total. The van der Waals surface area contributed by atoms with Gasteiger partial charge in [-0.25, -0.2) is 0 Å². The van der Waals surface area contributed by atoms with E-state index in [1.165, 1.54) is 30.4 Å². The third kappa shape index (κ3) is 4.60. The number of nitrogens with two attached hydrogens (primary N) is 1. The first-order valence-electron chi connectivity index (χ1n) is 5.45. The van der Waals surface area contributed by atoms with Crippen LogP contribution in [-0.2, 0) is 4.79 Å². The normalized spacial score (nSPS) is 11.7. The fourth-order valence-electron chi connectivity index (χ4n) is 1.23. The smallest absolute Gasteiger partial charge is 0.253 e. The van der Waals surface area contributed by atoms with Crippen molar-refractivity contribution in [2.75, 3.05) is 6.26 Å². The van der Waals surface area contributed by atoms with Crippen LogP contribution in [0, 0.1) is 5.41 Å². The molecule has 1 aromatic rings. The Morgan fingerprint density at radius 3 is 2.58 bits per heavy atom. The maximum absolute atomic E-state index is 12.0. The Morgan fingerprint density at radius 2 is 2.00 bits per heavy atom. The molecule has 0 unspecified atom stereocenters. The molecule has 0 radical (unpaired) electrons. The fraction of sp³-hybridized carbons (Fsp3) is 0.250. The summed E-state index contributed by atoms with van der Waals surface area (Å²) in [5.41, 5.74) is 5.54. The summed E-state index contributed by atoms with van der Waals surface area (Å²) in [7, 11) is 0. The first-order valence-corrected chi connectivity index (χ1v) is 7.49. The molecule has 1 aromatic carbocycles. The first kappa shape index (κ1) is 15.6. The van der Waals surface area contributed by atoms with Gasteiger partial charge in [-0.1, -0.05) is 23.9 Å². The lowest BCUT2D eigenvalue weighted by atomic mass is 10.2. The topological polar surface area (TPSA) is 96.0 Å². The predicted molar refractivity (Wildman–Crippen MR) is 79.7 cm³/mol. The van der Waals surface area contributed by atoms with Gasteiger partial charge in [0.1, 0.15) is 10.4 Å². The number of amides is 2. The van der Waals surface area contributed by atoms with E-state index in [9.17, 15) is 9.59 Å². The molecule has 1 rings (SSSR count). The number of hydrogen-bond acceptors (Lipinski definition) is 5. The summed E-state index contributed by atoms with van der Waals surface area (Å²) >= 11 is 2.50. The third-order valence-corrected chi connectivity index (χ3v) is 4.18. The van der Waals surface area contributed by atoms with E-state index in [2.05, 4.69) is 5.32 Å². The molecule has 0 aliphatic rings. The summed E-state index contributed by atoms with van der Waals surface area (Å²) in [6, 6.07) is 6.21. The minimum Gasteiger partial charge on any atom is -0.368 e. The van der Waals surface area contributed by atoms with E-state index in [0.29, 0.717) is 14.8 Å². The van der Waals surface area contributed by atoms with Crippen molar-refractivity contribution in [3.63, 3.8) is 0 Å². The fourth-order valence-corrected chi connectivity index (χ4v) is 2.45. The summed E-state index contributed by atoms with van der Waals surface area (Å²) < 4.78 is 0.392. The molecule has 2 amide bonds. The lowest BCUT2D eigenvalue weighted by molar-refractivity contribution is -0.119. The summed E-state index contributed by atoms with van der Waals surface area (Å²) in [5.74, 6) is -0.960. The molecule has 19 heavy (non-hydrogen) atoms. The second-order valence-electron chi connectivity index (χ2n) is 3.69. The molecule has 102 valence electrons. The van der Waals surface area contributed by atoms with E-state index in [-0.39, 0.29) is 5.91 Å². The number of nitrogens with one attached hydrogen (secondary N) is 2. The SMILES string of the molecule is CSC(=N)Sc1ccccc1C(=O)N[C@@H](C)C(N)=O. The van der Waals surface area contributed by atoms with Crippen LogP contribution in [0.15, 0.2) is 29.2 Å². The number of carbonyl (C=O) groups is 2. The number of rotatable bonds is 4. The molecule has 0 fully saturated rings. The Hall–Kier alpha value is -1.47. The van der Waals surface area contributed by atoms with Crippen molar-refractivity contribution in [2.45, 2.75) is 17.9 Å². The zero-order valence-corrected chi connectivity index (χ0v) is 12.2. The van der Waals surface area contributed by atoms with Gasteiger partial charge < -0.3 is 11.1 Å². The molecule has 0 aromatic heterocycles. The molecule has 0 aliphatic heterocycles. The highest BCUT2D eigenvalue weighted by molar-refractivity contribution is 8.38. The van der Waals surface area contributed by atoms with Crippen LogP contribution in [0.25, 0.3) is 0 Å². The van der Waals surface area contributed by atoms with Gasteiger partial charge in [0.25, 0.3) is 5.91 Å². The Balaban J connectivity index is 2.90. The maximum atomic E-state index is 12.0. The second-order valence-corrected chi connectivity index (χ2v) is 5.81. The van der Waals surface area contributed by atoms with Gasteiger partial charge in [-0.15, -0.1) is 11.8 Å². The van der Waals surface area contributed by atoms with Crippen molar-refractivity contribution in [3.05, 3.63) is 29.8 Å². The van der Waals surface area contributed by atoms with E-state index in [1.54, 1.807) is 30.5 Å². The van der Waals surface area contributed by atoms with Gasteiger partial charge in [-0.2, -0.15) is 0 Å². The van der Waals surface area contributed by atoms with Gasteiger partial charge in [0.05, 0.1) is 5.56 Å². The van der Waals surface area contributed by atoms with E-state index in [1.807, 2.05) is 0 Å². The monoisotopic (exact) mass is 297 g/mol. The third-order valence-electron chi connectivity index (χ3n) is 2.29. The molecule has 0 saturated carbocycles. The van der Waals surface area contributed by atoms with Crippen LogP contribution in [-0.4, -0.2) is 28.5 Å². The van der Waals surface area contributed by atoms with Crippen molar-refractivity contribution in [1.82, 2.24) is 5.32 Å². The summed E-state index contributed by atoms with van der Waals surface area (Å²) in [4.78, 5) is 23.7. The highest BCUT2D eigenvalue weighted by atomic mass is 32.2. The number of hydrogen-bond donors (Lipinski definition) is 3. The van der Waals surface area contributed by atoms with Crippen LogP contribution in [0.5, 0.6) is 0 Å². The van der Waals surface area contributed by atoms with Gasteiger partial charge in [0.2, 0.25) is 5.91 Å². The zero-order valence-electron chi connectivity index (χ0n) is 10.6. The quantitative estimate of drug-likeness (QED) is 0.447. The average molecular weight is 297 g/mol. The van der Waals surface area contributed by atoms with Gasteiger partial charge in [0.15, 0.2) is 0 Å². The molecule has 0 aliphatic carbocycles. The Morgan fingerprint density at radius 1 is 1.37 bits per heavy atom. The highest BCUT2D eigenvalue weighted by Crippen LogP contribution is 2.26. The van der Waals surface area contributed by atoms with Gasteiger partial charge in [-0.3, -0.25) is 15.0 Å². The van der Waals surface area contributed by atoms with Crippen LogP contribution in [0.2, 0.25) is 0 Å². The van der Waals surface area contributed by atoms with Crippen molar-refractivity contribution in [1.29, 1.82) is 5.41 Å². The van der Waals surface area contributed by atoms with Gasteiger partial charge in [-0.05, 0) is 25.3 Å². The Labute approximate surface area is 120 Å². The Bertz CT molecular complexity index is 506. The van der Waals surface area contributed by atoms with Crippen molar-refractivity contribution in [2.24, 2.45) is 5.73 Å². The van der Waals surface area contributed by atoms with E-state index < -0.39 is 11.9 Å². The molecule has 7 heteroatoms. The Kier molecular flexibility index (Phi) is 5.91. The van der Waals surface area contributed by atoms with E-state index in [0.717, 1.165) is 0 Å². The molecule has 0 saturated heterocycles. The van der Waals surface area contributed by atoms with Crippen molar-refractivity contribution in [3.8, 4) is 0 Å². The molecular formula is C12H15N3O2S2. The lowest BCUT2D eigenvalue weighted by Gasteiger charge is -2.12. The molecule has 0 heterocycles. The average Bonchev–Trinajstić information content (AvgIpc) is 2.38. The molecule has 1 atom stereocenters. The predicted octanol–water partition coefficient (Wildman–Crippen LogP) is 1.68. The van der Waals surface area contributed by atoms with Gasteiger partial charge >= 0.3 is 0 Å². The first-order chi connectivity index (χ1) is 8.95. The van der Waals surface area contributed by atoms with E-state index >= 15 is 0 Å². The summed E-state index contributed by atoms with van der Waals surface area (Å²) in [5, 5.41) is 10.2. The van der Waals surface area contributed by atoms with Gasteiger partial charge in [0, 0.05) is 4.90 Å². The summed E-state index contributed by atoms with van der Waals surface area (Å²) in [6.07, 6.45) is 1.80. The number of thioether (sulfide) groups is 2. The molecular weight excluding hydrogens is 282 g/mol. The number of primary amides is 1. The van der Waals surface area contributed by atoms with E-state index in [4.69, 9.17) is 11.1 Å². The lowest BCUT2D eigenvalue weighted by Crippen LogP contribution is -2.42.